The van der Waals surface area contributed by atoms with Gasteiger partial charge in [0, 0.05) is 39.6 Å². The first-order chi connectivity index (χ1) is 18.5. The third kappa shape index (κ3) is 4.06. The lowest BCUT2D eigenvalue weighted by Crippen LogP contribution is -2.68. The van der Waals surface area contributed by atoms with Crippen molar-refractivity contribution in [3.63, 3.8) is 0 Å². The average Bonchev–Trinajstić information content (AvgIpc) is 3.43. The maximum Gasteiger partial charge on any atom is 0.331 e. The molecule has 4 aliphatic carbocycles. The van der Waals surface area contributed by atoms with Gasteiger partial charge in [0.05, 0.1) is 17.3 Å². The first-order valence-corrected chi connectivity index (χ1v) is 14.9. The number of aliphatic hydroxyl groups excluding tert-OH is 1. The first kappa shape index (κ1) is 27.1. The number of carbonyl (C=O) groups is 2. The highest BCUT2D eigenvalue weighted by Gasteiger charge is 2.71. The molecular formula is C30H37BrN2O6. The van der Waals surface area contributed by atoms with Crippen molar-refractivity contribution in [3.05, 3.63) is 46.0 Å². The molecule has 1 aliphatic heterocycles. The third-order valence-corrected chi connectivity index (χ3v) is 11.7. The second-order valence-electron chi connectivity index (χ2n) is 12.7. The normalized spacial score (nSPS) is 43.3. The Morgan fingerprint density at radius 1 is 1.13 bits per heavy atom. The number of nitrogens with zero attached hydrogens (tertiary/aromatic N) is 1. The number of hydrogen-bond acceptors (Lipinski definition) is 7. The SMILES string of the molecule is C[C@]12CC[C@H]3[C@@H](CC[C@]4(O)C[C@H](O)CC[C@]34/C=N\NC(=O)c3cccc(Br)c3)[C@@]1(O)CC[C@H]2C1=CC(=O)OC1. The van der Waals surface area contributed by atoms with Crippen LogP contribution in [0.1, 0.15) is 75.1 Å². The molecule has 8 nitrogen and oxygen atoms in total. The second kappa shape index (κ2) is 9.50. The van der Waals surface area contributed by atoms with E-state index in [4.69, 9.17) is 4.74 Å². The molecule has 1 heterocycles. The molecule has 210 valence electrons. The summed E-state index contributed by atoms with van der Waals surface area (Å²) in [6.07, 6.45) is 8.13. The Hall–Kier alpha value is -2.07. The fourth-order valence-electron chi connectivity index (χ4n) is 9.26. The van der Waals surface area contributed by atoms with Gasteiger partial charge in [0.25, 0.3) is 5.91 Å². The quantitative estimate of drug-likeness (QED) is 0.236. The number of halogens is 1. The fraction of sp³-hybridized carbons (Fsp3) is 0.633. The van der Waals surface area contributed by atoms with Gasteiger partial charge in [-0.3, -0.25) is 4.79 Å². The molecule has 0 spiro atoms. The number of amides is 1. The van der Waals surface area contributed by atoms with Crippen LogP contribution in [-0.2, 0) is 9.53 Å². The van der Waals surface area contributed by atoms with Crippen molar-refractivity contribution < 1.29 is 29.6 Å². The van der Waals surface area contributed by atoms with Crippen LogP contribution < -0.4 is 5.43 Å². The Morgan fingerprint density at radius 2 is 1.92 bits per heavy atom. The summed E-state index contributed by atoms with van der Waals surface area (Å²) in [7, 11) is 0. The highest BCUT2D eigenvalue weighted by atomic mass is 79.9. The lowest BCUT2D eigenvalue weighted by molar-refractivity contribution is -0.237. The molecule has 1 aromatic carbocycles. The molecule has 8 atom stereocenters. The largest absolute Gasteiger partial charge is 0.458 e. The summed E-state index contributed by atoms with van der Waals surface area (Å²) in [4.78, 5) is 24.7. The van der Waals surface area contributed by atoms with E-state index in [0.29, 0.717) is 44.3 Å². The second-order valence-corrected chi connectivity index (χ2v) is 13.6. The molecule has 0 unspecified atom stereocenters. The summed E-state index contributed by atoms with van der Waals surface area (Å²) in [5.41, 5.74) is 0.808. The van der Waals surface area contributed by atoms with Gasteiger partial charge in [-0.25, -0.2) is 10.2 Å². The highest BCUT2D eigenvalue weighted by Crippen LogP contribution is 2.70. The van der Waals surface area contributed by atoms with Crippen molar-refractivity contribution in [3.8, 4) is 0 Å². The average molecular weight is 602 g/mol. The Morgan fingerprint density at radius 3 is 2.67 bits per heavy atom. The molecular weight excluding hydrogens is 564 g/mol. The van der Waals surface area contributed by atoms with Gasteiger partial charge in [-0.1, -0.05) is 28.9 Å². The van der Waals surface area contributed by atoms with E-state index in [1.165, 1.54) is 0 Å². The molecule has 0 aromatic heterocycles. The van der Waals surface area contributed by atoms with Gasteiger partial charge >= 0.3 is 5.97 Å². The number of fused-ring (bicyclic) bond motifs is 5. The number of carbonyl (C=O) groups excluding carboxylic acids is 2. The zero-order valence-electron chi connectivity index (χ0n) is 22.2. The van der Waals surface area contributed by atoms with Gasteiger partial charge in [-0.05, 0) is 92.9 Å². The summed E-state index contributed by atoms with van der Waals surface area (Å²) in [5, 5.41) is 39.6. The van der Waals surface area contributed by atoms with E-state index < -0.39 is 28.1 Å². The molecule has 4 saturated carbocycles. The smallest absolute Gasteiger partial charge is 0.331 e. The van der Waals surface area contributed by atoms with E-state index in [-0.39, 0.29) is 36.1 Å². The van der Waals surface area contributed by atoms with Crippen molar-refractivity contribution in [2.75, 3.05) is 6.61 Å². The van der Waals surface area contributed by atoms with Crippen LogP contribution in [0.5, 0.6) is 0 Å². The van der Waals surface area contributed by atoms with Gasteiger partial charge in [0.1, 0.15) is 6.61 Å². The van der Waals surface area contributed by atoms with Crippen molar-refractivity contribution in [2.45, 2.75) is 82.0 Å². The molecule has 4 N–H and O–H groups in total. The van der Waals surface area contributed by atoms with Crippen LogP contribution in [0.3, 0.4) is 0 Å². The number of hydrazone groups is 1. The van der Waals surface area contributed by atoms with Gasteiger partial charge in [0.2, 0.25) is 0 Å². The van der Waals surface area contributed by atoms with Crippen LogP contribution in [0.4, 0.5) is 0 Å². The van der Waals surface area contributed by atoms with Crippen LogP contribution in [0.15, 0.2) is 45.5 Å². The summed E-state index contributed by atoms with van der Waals surface area (Å²) in [6.45, 7) is 2.46. The predicted molar refractivity (Wildman–Crippen MR) is 148 cm³/mol. The topological polar surface area (TPSA) is 128 Å². The van der Waals surface area contributed by atoms with Crippen molar-refractivity contribution >= 4 is 34.0 Å². The molecule has 1 amide bonds. The molecule has 5 aliphatic rings. The van der Waals surface area contributed by atoms with E-state index in [1.807, 2.05) is 6.07 Å². The van der Waals surface area contributed by atoms with Crippen LogP contribution in [-0.4, -0.2) is 57.3 Å². The molecule has 0 bridgehead atoms. The number of rotatable bonds is 4. The molecule has 6 rings (SSSR count). The van der Waals surface area contributed by atoms with Crippen LogP contribution in [0.25, 0.3) is 0 Å². The monoisotopic (exact) mass is 600 g/mol. The number of hydrogen-bond donors (Lipinski definition) is 4. The number of nitrogens with one attached hydrogen (secondary N) is 1. The van der Waals surface area contributed by atoms with Gasteiger partial charge < -0.3 is 20.1 Å². The third-order valence-electron chi connectivity index (χ3n) is 11.2. The summed E-state index contributed by atoms with van der Waals surface area (Å²) in [6, 6.07) is 7.06. The zero-order chi connectivity index (χ0) is 27.6. The number of cyclic esters (lactones) is 1. The fourth-order valence-corrected chi connectivity index (χ4v) is 9.66. The molecule has 1 aromatic rings. The van der Waals surface area contributed by atoms with E-state index in [1.54, 1.807) is 30.5 Å². The summed E-state index contributed by atoms with van der Waals surface area (Å²) < 4.78 is 6.02. The molecule has 4 fully saturated rings. The lowest BCUT2D eigenvalue weighted by Gasteiger charge is -2.65. The Bertz CT molecular complexity index is 1250. The van der Waals surface area contributed by atoms with E-state index in [9.17, 15) is 24.9 Å². The van der Waals surface area contributed by atoms with Gasteiger partial charge in [-0.2, -0.15) is 5.10 Å². The number of ether oxygens (including phenoxy) is 1. The standard InChI is InChI=1S/C30H37BrN2O6/c1-27-9-6-23-24(30(27,38)12-8-22(27)19-14-25(35)39-16-19)7-11-29(37)15-21(34)5-10-28(23,29)17-32-33-26(36)18-3-2-4-20(31)13-18/h2-4,13-14,17,21-24,34,37-38H,5-12,15-16H2,1H3,(H,33,36)/b32-17-/t21-,22+,23+,24-,27-,28+,29+,30+/m1/s1. The minimum Gasteiger partial charge on any atom is -0.458 e. The maximum absolute atomic E-state index is 12.8. The molecule has 0 saturated heterocycles. The number of benzene rings is 1. The van der Waals surface area contributed by atoms with E-state index in [0.717, 1.165) is 29.3 Å². The Balaban J connectivity index is 1.32. The lowest BCUT2D eigenvalue weighted by atomic mass is 9.41. The van der Waals surface area contributed by atoms with Crippen molar-refractivity contribution in [1.29, 1.82) is 0 Å². The summed E-state index contributed by atoms with van der Waals surface area (Å²) >= 11 is 3.39. The maximum atomic E-state index is 12.8. The van der Waals surface area contributed by atoms with Crippen LogP contribution in [0.2, 0.25) is 0 Å². The highest BCUT2D eigenvalue weighted by molar-refractivity contribution is 9.10. The molecule has 39 heavy (non-hydrogen) atoms. The molecule has 0 radical (unpaired) electrons. The minimum absolute atomic E-state index is 0.0532. The van der Waals surface area contributed by atoms with E-state index in [2.05, 4.69) is 33.4 Å². The van der Waals surface area contributed by atoms with Crippen LogP contribution in [0, 0.1) is 28.6 Å². The number of esters is 1. The summed E-state index contributed by atoms with van der Waals surface area (Å²) in [5.74, 6) is -0.685. The molecule has 9 heteroatoms. The zero-order valence-corrected chi connectivity index (χ0v) is 23.8. The Labute approximate surface area is 237 Å². The Kier molecular flexibility index (Phi) is 6.61. The number of aliphatic hydroxyl groups is 3. The van der Waals surface area contributed by atoms with Crippen LogP contribution >= 0.6 is 15.9 Å². The van der Waals surface area contributed by atoms with Gasteiger partial charge in [-0.15, -0.1) is 0 Å². The van der Waals surface area contributed by atoms with Crippen molar-refractivity contribution in [2.24, 2.45) is 33.7 Å². The first-order valence-electron chi connectivity index (χ1n) is 14.1. The van der Waals surface area contributed by atoms with E-state index >= 15 is 0 Å². The predicted octanol–water partition coefficient (Wildman–Crippen LogP) is 3.88. The van der Waals surface area contributed by atoms with Gasteiger partial charge in [0.15, 0.2) is 0 Å². The minimum atomic E-state index is -1.17. The van der Waals surface area contributed by atoms with Crippen molar-refractivity contribution in [1.82, 2.24) is 5.43 Å².